The van der Waals surface area contributed by atoms with Crippen LogP contribution in [-0.2, 0) is 12.8 Å². The molecular formula is C12H20IN3. The zero-order chi connectivity index (χ0) is 11.3. The summed E-state index contributed by atoms with van der Waals surface area (Å²) in [6.07, 6.45) is 1.99. The Bertz CT molecular complexity index is 339. The predicted octanol–water partition coefficient (Wildman–Crippen LogP) is 2.79. The average molecular weight is 333 g/mol. The fourth-order valence-corrected chi connectivity index (χ4v) is 1.59. The minimum Gasteiger partial charge on any atom is -0.370 e. The second-order valence-corrected chi connectivity index (χ2v) is 3.39. The van der Waals surface area contributed by atoms with Crippen molar-refractivity contribution in [3.05, 3.63) is 29.3 Å². The first-order chi connectivity index (χ1) is 7.22. The van der Waals surface area contributed by atoms with Crippen molar-refractivity contribution in [2.24, 2.45) is 10.7 Å². The number of para-hydroxylation sites is 1. The van der Waals surface area contributed by atoms with Crippen LogP contribution < -0.4 is 11.1 Å². The van der Waals surface area contributed by atoms with E-state index in [4.69, 9.17) is 5.73 Å². The van der Waals surface area contributed by atoms with Gasteiger partial charge >= 0.3 is 0 Å². The molecule has 4 heteroatoms. The van der Waals surface area contributed by atoms with Gasteiger partial charge in [0.05, 0.1) is 0 Å². The van der Waals surface area contributed by atoms with Crippen molar-refractivity contribution < 1.29 is 0 Å². The summed E-state index contributed by atoms with van der Waals surface area (Å²) in [5.74, 6) is 0.464. The zero-order valence-electron chi connectivity index (χ0n) is 10.1. The summed E-state index contributed by atoms with van der Waals surface area (Å²) in [7, 11) is 1.68. The Balaban J connectivity index is 0.00000225. The molecule has 3 nitrogen and oxygen atoms in total. The van der Waals surface area contributed by atoms with Gasteiger partial charge in [0, 0.05) is 12.7 Å². The van der Waals surface area contributed by atoms with E-state index in [-0.39, 0.29) is 24.0 Å². The number of guanidine groups is 1. The Morgan fingerprint density at radius 1 is 1.25 bits per heavy atom. The molecule has 1 aromatic rings. The summed E-state index contributed by atoms with van der Waals surface area (Å²) in [6, 6.07) is 6.32. The third-order valence-electron chi connectivity index (χ3n) is 2.49. The number of halogens is 1. The standard InChI is InChI=1S/C12H19N3.HI/c1-4-9-7-6-8-10(5-2)11(9)15-12(13)14-3;/h6-8H,4-5H2,1-3H3,(H3,13,14,15);1H. The molecule has 0 unspecified atom stereocenters. The SMILES string of the molecule is CCc1cccc(CC)c1NC(N)=NC.I. The number of anilines is 1. The normalized spacial score (nSPS) is 10.8. The molecule has 0 saturated carbocycles. The number of aryl methyl sites for hydroxylation is 2. The molecule has 1 aromatic carbocycles. The number of hydrogen-bond donors (Lipinski definition) is 2. The second-order valence-electron chi connectivity index (χ2n) is 3.39. The Labute approximate surface area is 115 Å². The van der Waals surface area contributed by atoms with E-state index < -0.39 is 0 Å². The molecule has 1 rings (SSSR count). The largest absolute Gasteiger partial charge is 0.370 e. The topological polar surface area (TPSA) is 50.4 Å². The molecule has 0 fully saturated rings. The van der Waals surface area contributed by atoms with Crippen LogP contribution in [0.15, 0.2) is 23.2 Å². The second kappa shape index (κ2) is 7.49. The van der Waals surface area contributed by atoms with Crippen LogP contribution in [0.4, 0.5) is 5.69 Å². The van der Waals surface area contributed by atoms with Gasteiger partial charge < -0.3 is 11.1 Å². The summed E-state index contributed by atoms with van der Waals surface area (Å²) in [6.45, 7) is 4.28. The molecule has 0 aliphatic rings. The van der Waals surface area contributed by atoms with Crippen LogP contribution in [0.5, 0.6) is 0 Å². The Kier molecular flexibility index (Phi) is 7.12. The molecule has 0 amide bonds. The van der Waals surface area contributed by atoms with Gasteiger partial charge in [-0.2, -0.15) is 0 Å². The van der Waals surface area contributed by atoms with Crippen LogP contribution in [0, 0.1) is 0 Å². The van der Waals surface area contributed by atoms with Crippen molar-refractivity contribution in [2.45, 2.75) is 26.7 Å². The van der Waals surface area contributed by atoms with E-state index in [0.717, 1.165) is 18.5 Å². The molecule has 90 valence electrons. The van der Waals surface area contributed by atoms with Crippen molar-refractivity contribution >= 4 is 35.6 Å². The highest BCUT2D eigenvalue weighted by Crippen LogP contribution is 2.22. The Morgan fingerprint density at radius 2 is 1.75 bits per heavy atom. The minimum absolute atomic E-state index is 0. The van der Waals surface area contributed by atoms with E-state index in [1.54, 1.807) is 7.05 Å². The maximum Gasteiger partial charge on any atom is 0.192 e. The number of nitrogens with two attached hydrogens (primary N) is 1. The van der Waals surface area contributed by atoms with E-state index >= 15 is 0 Å². The highest BCUT2D eigenvalue weighted by Gasteiger charge is 2.06. The van der Waals surface area contributed by atoms with Gasteiger partial charge in [-0.1, -0.05) is 32.0 Å². The molecule has 3 N–H and O–H groups in total. The molecule has 0 radical (unpaired) electrons. The van der Waals surface area contributed by atoms with Gasteiger partial charge in [-0.05, 0) is 24.0 Å². The first kappa shape index (κ1) is 15.2. The van der Waals surface area contributed by atoms with Gasteiger partial charge in [0.15, 0.2) is 5.96 Å². The number of nitrogens with one attached hydrogen (secondary N) is 1. The summed E-state index contributed by atoms with van der Waals surface area (Å²) in [5.41, 5.74) is 9.36. The lowest BCUT2D eigenvalue weighted by molar-refractivity contribution is 1.09. The lowest BCUT2D eigenvalue weighted by Gasteiger charge is -2.14. The highest BCUT2D eigenvalue weighted by molar-refractivity contribution is 14.0. The minimum atomic E-state index is 0. The fraction of sp³-hybridized carbons (Fsp3) is 0.417. The monoisotopic (exact) mass is 333 g/mol. The summed E-state index contributed by atoms with van der Waals surface area (Å²) < 4.78 is 0. The van der Waals surface area contributed by atoms with E-state index in [9.17, 15) is 0 Å². The van der Waals surface area contributed by atoms with Crippen LogP contribution >= 0.6 is 24.0 Å². The molecule has 0 aliphatic carbocycles. The number of hydrogen-bond acceptors (Lipinski definition) is 1. The van der Waals surface area contributed by atoms with Gasteiger partial charge in [0.2, 0.25) is 0 Å². The first-order valence-electron chi connectivity index (χ1n) is 5.32. The van der Waals surface area contributed by atoms with Gasteiger partial charge in [-0.25, -0.2) is 0 Å². The summed E-state index contributed by atoms with van der Waals surface area (Å²) in [4.78, 5) is 3.92. The molecular weight excluding hydrogens is 313 g/mol. The highest BCUT2D eigenvalue weighted by atomic mass is 127. The maximum absolute atomic E-state index is 5.69. The van der Waals surface area contributed by atoms with Crippen LogP contribution in [0.3, 0.4) is 0 Å². The van der Waals surface area contributed by atoms with Crippen LogP contribution in [0.1, 0.15) is 25.0 Å². The molecule has 0 aliphatic heterocycles. The third kappa shape index (κ3) is 3.66. The Hall–Kier alpha value is -0.780. The first-order valence-corrected chi connectivity index (χ1v) is 5.32. The van der Waals surface area contributed by atoms with Gasteiger partial charge in [0.1, 0.15) is 0 Å². The molecule has 16 heavy (non-hydrogen) atoms. The maximum atomic E-state index is 5.69. The van der Waals surface area contributed by atoms with Gasteiger partial charge in [-0.15, -0.1) is 24.0 Å². The number of benzene rings is 1. The molecule has 0 atom stereocenters. The molecule has 0 saturated heterocycles. The lowest BCUT2D eigenvalue weighted by Crippen LogP contribution is -2.23. The fourth-order valence-electron chi connectivity index (χ4n) is 1.59. The van der Waals surface area contributed by atoms with E-state index in [0.29, 0.717) is 5.96 Å². The van der Waals surface area contributed by atoms with Crippen LogP contribution in [0.25, 0.3) is 0 Å². The third-order valence-corrected chi connectivity index (χ3v) is 2.49. The molecule has 0 heterocycles. The number of rotatable bonds is 3. The van der Waals surface area contributed by atoms with Gasteiger partial charge in [0.25, 0.3) is 0 Å². The lowest BCUT2D eigenvalue weighted by atomic mass is 10.0. The quantitative estimate of drug-likeness (QED) is 0.508. The zero-order valence-corrected chi connectivity index (χ0v) is 12.4. The van der Waals surface area contributed by atoms with Gasteiger partial charge in [-0.3, -0.25) is 4.99 Å². The Morgan fingerprint density at radius 3 is 2.12 bits per heavy atom. The van der Waals surface area contributed by atoms with Crippen molar-refractivity contribution in [2.75, 3.05) is 12.4 Å². The van der Waals surface area contributed by atoms with Crippen molar-refractivity contribution in [1.29, 1.82) is 0 Å². The van der Waals surface area contributed by atoms with Crippen molar-refractivity contribution in [3.8, 4) is 0 Å². The van der Waals surface area contributed by atoms with Crippen LogP contribution in [-0.4, -0.2) is 13.0 Å². The molecule has 0 bridgehead atoms. The summed E-state index contributed by atoms with van der Waals surface area (Å²) >= 11 is 0. The molecule has 0 spiro atoms. The summed E-state index contributed by atoms with van der Waals surface area (Å²) in [5, 5.41) is 3.16. The van der Waals surface area contributed by atoms with E-state index in [1.807, 2.05) is 0 Å². The van der Waals surface area contributed by atoms with E-state index in [2.05, 4.69) is 42.4 Å². The molecule has 0 aromatic heterocycles. The van der Waals surface area contributed by atoms with Crippen LogP contribution in [0.2, 0.25) is 0 Å². The average Bonchev–Trinajstić information content (AvgIpc) is 2.29. The number of aliphatic imine (C=N–C) groups is 1. The number of nitrogens with zero attached hydrogens (tertiary/aromatic N) is 1. The van der Waals surface area contributed by atoms with Crippen molar-refractivity contribution in [1.82, 2.24) is 0 Å². The van der Waals surface area contributed by atoms with E-state index in [1.165, 1.54) is 11.1 Å². The predicted molar refractivity (Wildman–Crippen MR) is 81.8 cm³/mol. The smallest absolute Gasteiger partial charge is 0.192 e. The van der Waals surface area contributed by atoms with Crippen molar-refractivity contribution in [3.63, 3.8) is 0 Å².